The average Bonchev–Trinajstić information content (AvgIpc) is 3.05. The first-order valence-corrected chi connectivity index (χ1v) is 12.0. The monoisotopic (exact) mass is 425 g/mol. The molecular weight excluding hydrogens is 402 g/mol. The van der Waals surface area contributed by atoms with E-state index < -0.39 is 25.9 Å². The van der Waals surface area contributed by atoms with Gasteiger partial charge in [0.2, 0.25) is 10.0 Å². The lowest BCUT2D eigenvalue weighted by molar-refractivity contribution is 0.330. The molecule has 0 N–H and O–H groups in total. The van der Waals surface area contributed by atoms with Gasteiger partial charge in [-0.1, -0.05) is 30.3 Å². The van der Waals surface area contributed by atoms with Gasteiger partial charge in [-0.15, -0.1) is 0 Å². The molecule has 152 valence electrons. The zero-order chi connectivity index (χ0) is 20.4. The minimum Gasteiger partial charge on any atom is -0.497 e. The molecule has 1 atom stereocenters. The lowest BCUT2D eigenvalue weighted by atomic mass is 10.2. The number of nitrogens with zero attached hydrogens (tertiary/aromatic N) is 1. The highest BCUT2D eigenvalue weighted by Crippen LogP contribution is 2.34. The molecule has 1 saturated heterocycles. The topological polar surface area (TPSA) is 90.0 Å². The fourth-order valence-corrected chi connectivity index (χ4v) is 6.90. The molecule has 2 aromatic rings. The number of sulfonamides is 1. The second-order valence-corrected chi connectivity index (χ2v) is 10.7. The molecule has 3 rings (SSSR count). The third-order valence-corrected chi connectivity index (χ3v) is 8.44. The predicted octanol–water partition coefficient (Wildman–Crippen LogP) is 2.08. The van der Waals surface area contributed by atoms with Crippen LogP contribution >= 0.6 is 0 Å². The van der Waals surface area contributed by atoms with Crippen LogP contribution in [0.1, 0.15) is 12.0 Å². The Balaban J connectivity index is 2.06. The Morgan fingerprint density at radius 3 is 2.36 bits per heavy atom. The first-order valence-electron chi connectivity index (χ1n) is 8.75. The number of hydrogen-bond donors (Lipinski definition) is 0. The maximum absolute atomic E-state index is 13.5. The van der Waals surface area contributed by atoms with E-state index in [0.29, 0.717) is 5.75 Å². The number of ether oxygens (including phenoxy) is 2. The molecule has 0 radical (unpaired) electrons. The third-order valence-electron chi connectivity index (χ3n) is 4.75. The van der Waals surface area contributed by atoms with Crippen molar-refractivity contribution >= 4 is 19.9 Å². The SMILES string of the molecule is COc1ccc(S(=O)(=O)N(Cc2ccccc2)[C@H]2CCS(=O)(=O)C2)c(OC)c1. The Bertz CT molecular complexity index is 1040. The van der Waals surface area contributed by atoms with Crippen LogP contribution in [0.15, 0.2) is 53.4 Å². The second-order valence-electron chi connectivity index (χ2n) is 6.61. The molecule has 0 aromatic heterocycles. The molecule has 1 aliphatic rings. The summed E-state index contributed by atoms with van der Waals surface area (Å²) in [6, 6.07) is 13.0. The zero-order valence-corrected chi connectivity index (χ0v) is 17.4. The van der Waals surface area contributed by atoms with Crippen LogP contribution in [-0.2, 0) is 26.4 Å². The van der Waals surface area contributed by atoms with Gasteiger partial charge in [-0.2, -0.15) is 4.31 Å². The number of methoxy groups -OCH3 is 2. The number of hydrogen-bond acceptors (Lipinski definition) is 6. The minimum absolute atomic E-state index is 0.0157. The molecule has 9 heteroatoms. The van der Waals surface area contributed by atoms with Crippen molar-refractivity contribution in [1.82, 2.24) is 4.31 Å². The molecule has 2 aromatic carbocycles. The first kappa shape index (κ1) is 20.6. The van der Waals surface area contributed by atoms with Gasteiger partial charge in [-0.05, 0) is 24.1 Å². The van der Waals surface area contributed by atoms with E-state index in [2.05, 4.69) is 0 Å². The Morgan fingerprint density at radius 1 is 1.07 bits per heavy atom. The average molecular weight is 426 g/mol. The van der Waals surface area contributed by atoms with Gasteiger partial charge in [0.1, 0.15) is 16.4 Å². The Hall–Kier alpha value is -2.10. The van der Waals surface area contributed by atoms with Crippen molar-refractivity contribution in [3.63, 3.8) is 0 Å². The summed E-state index contributed by atoms with van der Waals surface area (Å²) in [6.45, 7) is 0.0819. The number of sulfone groups is 1. The van der Waals surface area contributed by atoms with Crippen molar-refractivity contribution in [2.45, 2.75) is 23.9 Å². The molecule has 0 unspecified atom stereocenters. The van der Waals surface area contributed by atoms with Crippen LogP contribution in [0.2, 0.25) is 0 Å². The summed E-state index contributed by atoms with van der Waals surface area (Å²) < 4.78 is 62.7. The van der Waals surface area contributed by atoms with Gasteiger partial charge in [0.05, 0.1) is 25.7 Å². The summed E-state index contributed by atoms with van der Waals surface area (Å²) in [5, 5.41) is 0. The van der Waals surface area contributed by atoms with E-state index in [4.69, 9.17) is 9.47 Å². The molecule has 1 fully saturated rings. The van der Waals surface area contributed by atoms with Crippen molar-refractivity contribution < 1.29 is 26.3 Å². The standard InChI is InChI=1S/C19H23NO6S2/c1-25-17-8-9-19(18(12-17)26-2)28(23,24)20(13-15-6-4-3-5-7-15)16-10-11-27(21,22)14-16/h3-9,12,16H,10-11,13-14H2,1-2H3/t16-/m0/s1. The second kappa shape index (κ2) is 8.10. The van der Waals surface area contributed by atoms with Gasteiger partial charge in [0.15, 0.2) is 9.84 Å². The van der Waals surface area contributed by atoms with E-state index in [-0.39, 0.29) is 35.1 Å². The quantitative estimate of drug-likeness (QED) is 0.675. The van der Waals surface area contributed by atoms with E-state index in [0.717, 1.165) is 5.56 Å². The predicted molar refractivity (Wildman–Crippen MR) is 106 cm³/mol. The van der Waals surface area contributed by atoms with Crippen molar-refractivity contribution in [2.75, 3.05) is 25.7 Å². The third kappa shape index (κ3) is 4.31. The zero-order valence-electron chi connectivity index (χ0n) is 15.7. The molecular formula is C19H23NO6S2. The summed E-state index contributed by atoms with van der Waals surface area (Å²) in [7, 11) is -4.41. The largest absolute Gasteiger partial charge is 0.497 e. The summed E-state index contributed by atoms with van der Waals surface area (Å²) >= 11 is 0. The normalized spacial score (nSPS) is 18.9. The highest BCUT2D eigenvalue weighted by Gasteiger charge is 2.40. The van der Waals surface area contributed by atoms with E-state index in [1.54, 1.807) is 6.07 Å². The Kier molecular flexibility index (Phi) is 5.97. The Morgan fingerprint density at radius 2 is 1.79 bits per heavy atom. The summed E-state index contributed by atoms with van der Waals surface area (Å²) in [4.78, 5) is -0.0176. The van der Waals surface area contributed by atoms with Crippen LogP contribution in [0.5, 0.6) is 11.5 Å². The van der Waals surface area contributed by atoms with Gasteiger partial charge < -0.3 is 9.47 Å². The van der Waals surface area contributed by atoms with Crippen molar-refractivity contribution in [2.24, 2.45) is 0 Å². The van der Waals surface area contributed by atoms with Crippen LogP contribution in [0, 0.1) is 0 Å². The van der Waals surface area contributed by atoms with E-state index in [9.17, 15) is 16.8 Å². The molecule has 28 heavy (non-hydrogen) atoms. The van der Waals surface area contributed by atoms with Gasteiger partial charge in [0.25, 0.3) is 0 Å². The van der Waals surface area contributed by atoms with Gasteiger partial charge >= 0.3 is 0 Å². The van der Waals surface area contributed by atoms with Crippen LogP contribution in [-0.4, -0.2) is 52.9 Å². The number of benzene rings is 2. The molecule has 0 amide bonds. The molecule has 0 spiro atoms. The molecule has 7 nitrogen and oxygen atoms in total. The first-order chi connectivity index (χ1) is 13.3. The molecule has 1 aliphatic heterocycles. The lowest BCUT2D eigenvalue weighted by Gasteiger charge is -2.28. The van der Waals surface area contributed by atoms with Crippen LogP contribution in [0.4, 0.5) is 0 Å². The van der Waals surface area contributed by atoms with Crippen LogP contribution in [0.3, 0.4) is 0 Å². The Labute approximate surface area is 165 Å². The molecule has 0 saturated carbocycles. The smallest absolute Gasteiger partial charge is 0.247 e. The fraction of sp³-hybridized carbons (Fsp3) is 0.368. The van der Waals surface area contributed by atoms with Crippen LogP contribution < -0.4 is 9.47 Å². The highest BCUT2D eigenvalue weighted by atomic mass is 32.2. The summed E-state index contributed by atoms with van der Waals surface area (Å²) in [5.41, 5.74) is 0.780. The molecule has 0 bridgehead atoms. The van der Waals surface area contributed by atoms with E-state index in [1.807, 2.05) is 30.3 Å². The minimum atomic E-state index is -4.01. The van der Waals surface area contributed by atoms with Gasteiger partial charge in [-0.3, -0.25) is 0 Å². The maximum atomic E-state index is 13.5. The van der Waals surface area contributed by atoms with Crippen molar-refractivity contribution in [3.05, 3.63) is 54.1 Å². The highest BCUT2D eigenvalue weighted by molar-refractivity contribution is 7.92. The lowest BCUT2D eigenvalue weighted by Crippen LogP contribution is -2.40. The maximum Gasteiger partial charge on any atom is 0.247 e. The van der Waals surface area contributed by atoms with E-state index >= 15 is 0 Å². The molecule has 1 heterocycles. The summed E-state index contributed by atoms with van der Waals surface area (Å²) in [6.07, 6.45) is 0.271. The van der Waals surface area contributed by atoms with Crippen molar-refractivity contribution in [1.29, 1.82) is 0 Å². The summed E-state index contributed by atoms with van der Waals surface area (Å²) in [5.74, 6) is 0.419. The van der Waals surface area contributed by atoms with Crippen LogP contribution in [0.25, 0.3) is 0 Å². The van der Waals surface area contributed by atoms with Crippen molar-refractivity contribution in [3.8, 4) is 11.5 Å². The van der Waals surface area contributed by atoms with Gasteiger partial charge in [-0.25, -0.2) is 16.8 Å². The number of rotatable bonds is 7. The fourth-order valence-electron chi connectivity index (χ4n) is 3.29. The van der Waals surface area contributed by atoms with Gasteiger partial charge in [0, 0.05) is 18.7 Å². The molecule has 0 aliphatic carbocycles. The van der Waals surface area contributed by atoms with E-state index in [1.165, 1.54) is 30.7 Å².